The molecule has 0 fully saturated rings. The van der Waals surface area contributed by atoms with Crippen molar-refractivity contribution in [2.75, 3.05) is 39.2 Å². The highest BCUT2D eigenvalue weighted by molar-refractivity contribution is 5.96. The molecule has 8 heteroatoms. The summed E-state index contributed by atoms with van der Waals surface area (Å²) >= 11 is 0. The van der Waals surface area contributed by atoms with Crippen LogP contribution in [-0.4, -0.2) is 44.9 Å². The molecule has 1 aliphatic rings. The van der Waals surface area contributed by atoms with Gasteiger partial charge in [-0.3, -0.25) is 4.79 Å². The molecule has 1 heterocycles. The lowest BCUT2D eigenvalue weighted by molar-refractivity contribution is -0.116. The van der Waals surface area contributed by atoms with Crippen molar-refractivity contribution in [3.63, 3.8) is 0 Å². The minimum Gasteiger partial charge on any atom is -0.504 e. The minimum atomic E-state index is -0.0429. The maximum atomic E-state index is 11.8. The Labute approximate surface area is 194 Å². The van der Waals surface area contributed by atoms with Crippen molar-refractivity contribution in [2.45, 2.75) is 32.6 Å². The molecule has 8 nitrogen and oxygen atoms in total. The lowest BCUT2D eigenvalue weighted by Crippen LogP contribution is -2.22. The highest BCUT2D eigenvalue weighted by Crippen LogP contribution is 2.39. The number of ether oxygens (including phenoxy) is 4. The number of hydrogen-bond acceptors (Lipinski definition) is 7. The van der Waals surface area contributed by atoms with Gasteiger partial charge in [0, 0.05) is 18.9 Å². The van der Waals surface area contributed by atoms with Crippen molar-refractivity contribution in [1.82, 2.24) is 5.32 Å². The van der Waals surface area contributed by atoms with E-state index in [1.807, 2.05) is 12.1 Å². The Hall–Kier alpha value is -3.57. The summed E-state index contributed by atoms with van der Waals surface area (Å²) in [6.45, 7) is 3.69. The van der Waals surface area contributed by atoms with Gasteiger partial charge >= 0.3 is 0 Å². The van der Waals surface area contributed by atoms with Crippen LogP contribution in [0.2, 0.25) is 0 Å². The first-order valence-electron chi connectivity index (χ1n) is 10.9. The molecular weight excluding hydrogens is 424 g/mol. The number of anilines is 1. The quantitative estimate of drug-likeness (QED) is 0.354. The zero-order chi connectivity index (χ0) is 23.6. The molecule has 0 saturated heterocycles. The maximum Gasteiger partial charge on any atom is 0.224 e. The molecule has 0 atom stereocenters. The van der Waals surface area contributed by atoms with Crippen LogP contribution in [0.25, 0.3) is 0 Å². The number of methoxy groups -OCH3 is 2. The van der Waals surface area contributed by atoms with E-state index in [0.717, 1.165) is 29.8 Å². The topological polar surface area (TPSA) is 98.3 Å². The molecule has 3 rings (SSSR count). The molecule has 0 bridgehead atoms. The molecule has 0 radical (unpaired) electrons. The highest BCUT2D eigenvalue weighted by atomic mass is 16.5. The summed E-state index contributed by atoms with van der Waals surface area (Å²) in [7, 11) is 3.04. The summed E-state index contributed by atoms with van der Waals surface area (Å²) in [5.41, 5.74) is 2.36. The van der Waals surface area contributed by atoms with Crippen LogP contribution in [0.5, 0.6) is 28.7 Å². The van der Waals surface area contributed by atoms with E-state index >= 15 is 0 Å². The van der Waals surface area contributed by atoms with Crippen molar-refractivity contribution in [3.8, 4) is 40.8 Å². The lowest BCUT2D eigenvalue weighted by atomic mass is 10.0. The molecule has 0 aromatic heterocycles. The van der Waals surface area contributed by atoms with Crippen LogP contribution in [0.1, 0.15) is 30.9 Å². The Kier molecular flexibility index (Phi) is 8.67. The number of carbonyl (C=O) groups excluding carboxylic acids is 1. The van der Waals surface area contributed by atoms with Crippen LogP contribution in [-0.2, 0) is 17.6 Å². The molecule has 0 unspecified atom stereocenters. The molecule has 0 aliphatic carbocycles. The van der Waals surface area contributed by atoms with E-state index < -0.39 is 0 Å². The summed E-state index contributed by atoms with van der Waals surface area (Å²) < 4.78 is 21.8. The van der Waals surface area contributed by atoms with Gasteiger partial charge in [0.25, 0.3) is 0 Å². The Morgan fingerprint density at radius 1 is 1.06 bits per heavy atom. The number of hydrogen-bond donors (Lipinski definition) is 3. The number of nitrogens with one attached hydrogen (secondary N) is 2. The van der Waals surface area contributed by atoms with Gasteiger partial charge in [-0.1, -0.05) is 12.0 Å². The van der Waals surface area contributed by atoms with E-state index in [4.69, 9.17) is 18.9 Å². The Bertz CT molecular complexity index is 1040. The van der Waals surface area contributed by atoms with Gasteiger partial charge in [-0.05, 0) is 56.1 Å². The molecule has 176 valence electrons. The van der Waals surface area contributed by atoms with Gasteiger partial charge in [0.2, 0.25) is 11.7 Å². The first-order valence-corrected chi connectivity index (χ1v) is 10.9. The zero-order valence-electron chi connectivity index (χ0n) is 19.2. The smallest absolute Gasteiger partial charge is 0.224 e. The standard InChI is InChI=1S/C25H30N2O6/c1-4-15-32-20-10-9-19(18-7-11-22(28)27-23(18)20)33-16-5-13-26-14-12-17-6-8-21(30-2)25(31-3)24(17)29/h6,8-10,26,29H,5,7,11-14,16H2,1-3H3,(H,27,28). The highest BCUT2D eigenvalue weighted by Gasteiger charge is 2.23. The molecule has 1 aliphatic heterocycles. The number of rotatable bonds is 11. The number of phenolic OH excluding ortho intramolecular Hbond substituents is 1. The van der Waals surface area contributed by atoms with Crippen LogP contribution in [0.4, 0.5) is 5.69 Å². The van der Waals surface area contributed by atoms with Crippen LogP contribution >= 0.6 is 0 Å². The molecular formula is C25H30N2O6. The molecule has 0 saturated carbocycles. The van der Waals surface area contributed by atoms with Crippen molar-refractivity contribution in [3.05, 3.63) is 35.4 Å². The van der Waals surface area contributed by atoms with E-state index in [0.29, 0.717) is 55.4 Å². The molecule has 1 amide bonds. The van der Waals surface area contributed by atoms with Crippen molar-refractivity contribution in [2.24, 2.45) is 0 Å². The van der Waals surface area contributed by atoms with Gasteiger partial charge in [-0.2, -0.15) is 0 Å². The number of fused-ring (bicyclic) bond motifs is 1. The molecule has 2 aromatic rings. The third kappa shape index (κ3) is 6.02. The van der Waals surface area contributed by atoms with E-state index in [9.17, 15) is 9.90 Å². The fourth-order valence-corrected chi connectivity index (χ4v) is 3.64. The minimum absolute atomic E-state index is 0.0429. The van der Waals surface area contributed by atoms with Gasteiger partial charge in [0.05, 0.1) is 26.5 Å². The monoisotopic (exact) mass is 454 g/mol. The van der Waals surface area contributed by atoms with Gasteiger partial charge in [0.15, 0.2) is 17.2 Å². The van der Waals surface area contributed by atoms with E-state index in [2.05, 4.69) is 22.7 Å². The van der Waals surface area contributed by atoms with E-state index in [-0.39, 0.29) is 11.7 Å². The summed E-state index contributed by atoms with van der Waals surface area (Å²) in [6, 6.07) is 7.24. The van der Waals surface area contributed by atoms with E-state index in [1.54, 1.807) is 19.1 Å². The second-order valence-corrected chi connectivity index (χ2v) is 7.43. The summed E-state index contributed by atoms with van der Waals surface area (Å²) in [4.78, 5) is 11.8. The molecule has 2 aromatic carbocycles. The summed E-state index contributed by atoms with van der Waals surface area (Å²) in [5.74, 6) is 4.87. The molecule has 3 N–H and O–H groups in total. The third-order valence-electron chi connectivity index (χ3n) is 5.29. The van der Waals surface area contributed by atoms with Gasteiger partial charge in [-0.15, -0.1) is 0 Å². The van der Waals surface area contributed by atoms with Crippen LogP contribution in [0.3, 0.4) is 0 Å². The van der Waals surface area contributed by atoms with Crippen molar-refractivity contribution < 1.29 is 28.8 Å². The van der Waals surface area contributed by atoms with Gasteiger partial charge < -0.3 is 34.7 Å². The van der Waals surface area contributed by atoms with Crippen molar-refractivity contribution >= 4 is 11.6 Å². The predicted molar refractivity (Wildman–Crippen MR) is 125 cm³/mol. The Morgan fingerprint density at radius 2 is 1.85 bits per heavy atom. The lowest BCUT2D eigenvalue weighted by Gasteiger charge is -2.22. The van der Waals surface area contributed by atoms with Crippen LogP contribution < -0.4 is 29.6 Å². The van der Waals surface area contributed by atoms with Gasteiger partial charge in [-0.25, -0.2) is 0 Å². The largest absolute Gasteiger partial charge is 0.504 e. The Balaban J connectivity index is 1.47. The molecule has 0 spiro atoms. The average Bonchev–Trinajstić information content (AvgIpc) is 2.83. The normalized spacial score (nSPS) is 12.2. The number of aromatic hydroxyl groups is 1. The fraction of sp³-hybridized carbons (Fsp3) is 0.400. The van der Waals surface area contributed by atoms with Crippen molar-refractivity contribution in [1.29, 1.82) is 0 Å². The number of phenols is 1. The van der Waals surface area contributed by atoms with Gasteiger partial charge in [0.1, 0.15) is 11.9 Å². The second kappa shape index (κ2) is 11.9. The number of amides is 1. The average molecular weight is 455 g/mol. The predicted octanol–water partition coefficient (Wildman–Crippen LogP) is 3.25. The second-order valence-electron chi connectivity index (χ2n) is 7.43. The van der Waals surface area contributed by atoms with E-state index in [1.165, 1.54) is 14.2 Å². The maximum absolute atomic E-state index is 11.8. The first kappa shape index (κ1) is 24.1. The molecule has 33 heavy (non-hydrogen) atoms. The van der Waals surface area contributed by atoms with Crippen LogP contribution in [0.15, 0.2) is 24.3 Å². The SMILES string of the molecule is CC#COc1ccc(OCCCNCCc2ccc(OC)c(OC)c2O)c2c1NC(=O)CC2. The summed E-state index contributed by atoms with van der Waals surface area (Å²) in [6.07, 6.45) is 5.04. The zero-order valence-corrected chi connectivity index (χ0v) is 19.2. The number of benzene rings is 2. The Morgan fingerprint density at radius 3 is 2.61 bits per heavy atom. The fourth-order valence-electron chi connectivity index (χ4n) is 3.64. The van der Waals surface area contributed by atoms with Crippen LogP contribution in [0, 0.1) is 12.0 Å². The first-order chi connectivity index (χ1) is 16.1. The number of carbonyl (C=O) groups is 1. The summed E-state index contributed by atoms with van der Waals surface area (Å²) in [5, 5.41) is 16.6. The third-order valence-corrected chi connectivity index (χ3v) is 5.29.